The molecule has 2 aliphatic carbocycles. The normalized spacial score (nSPS) is 41.5. The summed E-state index contributed by atoms with van der Waals surface area (Å²) in [4.78, 5) is 2.76. The van der Waals surface area contributed by atoms with E-state index >= 15 is 0 Å². The Morgan fingerprint density at radius 3 is 2.70 bits per heavy atom. The highest BCUT2D eigenvalue weighted by Crippen LogP contribution is 2.44. The maximum absolute atomic E-state index is 6.53. The maximum Gasteiger partial charge on any atom is 0.0710 e. The Hall–Kier alpha value is -0.120. The summed E-state index contributed by atoms with van der Waals surface area (Å²) in [5.41, 5.74) is 0.305. The van der Waals surface area contributed by atoms with Crippen LogP contribution in [0, 0.1) is 5.92 Å². The summed E-state index contributed by atoms with van der Waals surface area (Å²) in [6.07, 6.45) is 11.5. The highest BCUT2D eigenvalue weighted by Gasteiger charge is 2.44. The van der Waals surface area contributed by atoms with Gasteiger partial charge in [0.2, 0.25) is 0 Å². The second kappa shape index (κ2) is 5.26. The summed E-state index contributed by atoms with van der Waals surface area (Å²) >= 11 is 0. The van der Waals surface area contributed by atoms with E-state index in [2.05, 4.69) is 17.1 Å². The molecule has 2 heterocycles. The van der Waals surface area contributed by atoms with Gasteiger partial charge in [0, 0.05) is 31.7 Å². The zero-order valence-corrected chi connectivity index (χ0v) is 12.9. The zero-order chi connectivity index (χ0) is 13.6. The van der Waals surface area contributed by atoms with Gasteiger partial charge in [0.25, 0.3) is 0 Å². The highest BCUT2D eigenvalue weighted by atomic mass is 16.5. The van der Waals surface area contributed by atoms with Crippen molar-refractivity contribution >= 4 is 0 Å². The minimum absolute atomic E-state index is 0.305. The van der Waals surface area contributed by atoms with E-state index in [-0.39, 0.29) is 0 Å². The molecule has 3 nitrogen and oxygen atoms in total. The molecule has 20 heavy (non-hydrogen) atoms. The molecular formula is C17H30N2O. The van der Waals surface area contributed by atoms with Gasteiger partial charge in [-0.15, -0.1) is 0 Å². The highest BCUT2D eigenvalue weighted by molar-refractivity contribution is 4.97. The van der Waals surface area contributed by atoms with Crippen LogP contribution in [0.1, 0.15) is 58.3 Å². The van der Waals surface area contributed by atoms with Crippen molar-refractivity contribution in [2.24, 2.45) is 5.92 Å². The number of nitrogens with one attached hydrogen (secondary N) is 1. The van der Waals surface area contributed by atoms with Crippen molar-refractivity contribution in [3.8, 4) is 0 Å². The summed E-state index contributed by atoms with van der Waals surface area (Å²) < 4.78 is 6.53. The standard InChI is InChI=1S/C17H30N2O/c1-13-11-19(16(10-18-13)14-4-5-14)12-15-6-9-17(20-15)7-2-3-8-17/h13-16,18H,2-12H2,1H3. The predicted octanol–water partition coefficient (Wildman–Crippen LogP) is 2.55. The van der Waals surface area contributed by atoms with Crippen LogP contribution in [0.25, 0.3) is 0 Å². The van der Waals surface area contributed by atoms with Gasteiger partial charge in [-0.25, -0.2) is 0 Å². The summed E-state index contributed by atoms with van der Waals surface area (Å²) in [7, 11) is 0. The molecule has 3 heteroatoms. The topological polar surface area (TPSA) is 24.5 Å². The molecule has 4 fully saturated rings. The average Bonchev–Trinajstić information content (AvgIpc) is 3.05. The fourth-order valence-corrected chi connectivity index (χ4v) is 4.83. The molecule has 0 radical (unpaired) electrons. The molecule has 3 atom stereocenters. The Morgan fingerprint density at radius 1 is 1.15 bits per heavy atom. The van der Waals surface area contributed by atoms with Gasteiger partial charge < -0.3 is 10.1 Å². The second-order valence-corrected chi connectivity index (χ2v) is 7.84. The molecule has 3 unspecified atom stereocenters. The number of rotatable bonds is 3. The Kier molecular flexibility index (Phi) is 3.56. The third-order valence-corrected chi connectivity index (χ3v) is 6.11. The van der Waals surface area contributed by atoms with Crippen molar-refractivity contribution in [3.63, 3.8) is 0 Å². The number of hydrogen-bond acceptors (Lipinski definition) is 3. The molecule has 0 aromatic rings. The van der Waals surface area contributed by atoms with E-state index in [1.165, 1.54) is 71.0 Å². The van der Waals surface area contributed by atoms with Crippen molar-refractivity contribution in [1.29, 1.82) is 0 Å². The molecular weight excluding hydrogens is 248 g/mol. The van der Waals surface area contributed by atoms with Gasteiger partial charge in [-0.1, -0.05) is 12.8 Å². The van der Waals surface area contributed by atoms with Gasteiger partial charge in [-0.05, 0) is 51.4 Å². The number of hydrogen-bond donors (Lipinski definition) is 1. The first-order valence-corrected chi connectivity index (χ1v) is 8.89. The van der Waals surface area contributed by atoms with Crippen molar-refractivity contribution in [2.75, 3.05) is 19.6 Å². The van der Waals surface area contributed by atoms with Gasteiger partial charge in [0.1, 0.15) is 0 Å². The Labute approximate surface area is 123 Å². The number of ether oxygens (including phenoxy) is 1. The van der Waals surface area contributed by atoms with Crippen LogP contribution in [0.2, 0.25) is 0 Å². The average molecular weight is 278 g/mol. The molecule has 0 aromatic heterocycles. The molecule has 2 aliphatic heterocycles. The van der Waals surface area contributed by atoms with Crippen LogP contribution in [0.15, 0.2) is 0 Å². The van der Waals surface area contributed by atoms with Crippen LogP contribution in [-0.2, 0) is 4.74 Å². The van der Waals surface area contributed by atoms with Crippen LogP contribution < -0.4 is 5.32 Å². The van der Waals surface area contributed by atoms with Crippen LogP contribution in [0.5, 0.6) is 0 Å². The fourth-order valence-electron chi connectivity index (χ4n) is 4.83. The van der Waals surface area contributed by atoms with E-state index in [0.717, 1.165) is 12.0 Å². The first-order chi connectivity index (χ1) is 9.74. The predicted molar refractivity (Wildman–Crippen MR) is 80.9 cm³/mol. The number of piperazine rings is 1. The molecule has 4 rings (SSSR count). The van der Waals surface area contributed by atoms with E-state index in [1.54, 1.807) is 0 Å². The lowest BCUT2D eigenvalue weighted by Crippen LogP contribution is -2.57. The Morgan fingerprint density at radius 2 is 1.95 bits per heavy atom. The van der Waals surface area contributed by atoms with Crippen molar-refractivity contribution in [3.05, 3.63) is 0 Å². The van der Waals surface area contributed by atoms with Crippen molar-refractivity contribution in [1.82, 2.24) is 10.2 Å². The second-order valence-electron chi connectivity index (χ2n) is 7.84. The van der Waals surface area contributed by atoms with Crippen LogP contribution >= 0.6 is 0 Å². The third kappa shape index (κ3) is 2.65. The number of nitrogens with zero attached hydrogens (tertiary/aromatic N) is 1. The third-order valence-electron chi connectivity index (χ3n) is 6.11. The molecule has 1 spiro atoms. The van der Waals surface area contributed by atoms with Crippen LogP contribution in [0.4, 0.5) is 0 Å². The summed E-state index contributed by atoms with van der Waals surface area (Å²) in [6, 6.07) is 1.43. The summed E-state index contributed by atoms with van der Waals surface area (Å²) in [5.74, 6) is 0.969. The van der Waals surface area contributed by atoms with Gasteiger partial charge in [-0.2, -0.15) is 0 Å². The van der Waals surface area contributed by atoms with Crippen molar-refractivity contribution in [2.45, 2.75) is 82.1 Å². The molecule has 0 bridgehead atoms. The molecule has 0 amide bonds. The summed E-state index contributed by atoms with van der Waals surface area (Å²) in [5, 5.41) is 3.67. The van der Waals surface area contributed by atoms with E-state index < -0.39 is 0 Å². The van der Waals surface area contributed by atoms with Gasteiger partial charge in [-0.3, -0.25) is 4.90 Å². The lowest BCUT2D eigenvalue weighted by molar-refractivity contribution is -0.0558. The van der Waals surface area contributed by atoms with E-state index in [1.807, 2.05) is 0 Å². The lowest BCUT2D eigenvalue weighted by Gasteiger charge is -2.41. The Balaban J connectivity index is 1.37. The first kappa shape index (κ1) is 13.5. The smallest absolute Gasteiger partial charge is 0.0710 e. The molecule has 2 saturated heterocycles. The first-order valence-electron chi connectivity index (χ1n) is 8.89. The van der Waals surface area contributed by atoms with Crippen LogP contribution in [0.3, 0.4) is 0 Å². The van der Waals surface area contributed by atoms with Crippen molar-refractivity contribution < 1.29 is 4.74 Å². The largest absolute Gasteiger partial charge is 0.370 e. The SMILES string of the molecule is CC1CN(CC2CCC3(CCCC3)O2)C(C2CC2)CN1. The minimum Gasteiger partial charge on any atom is -0.370 e. The molecule has 114 valence electrons. The van der Waals surface area contributed by atoms with Gasteiger partial charge in [0.15, 0.2) is 0 Å². The molecule has 0 aromatic carbocycles. The zero-order valence-electron chi connectivity index (χ0n) is 12.9. The summed E-state index contributed by atoms with van der Waals surface area (Å²) in [6.45, 7) is 5.93. The molecule has 1 N–H and O–H groups in total. The Bertz CT molecular complexity index is 349. The maximum atomic E-state index is 6.53. The van der Waals surface area contributed by atoms with E-state index in [0.29, 0.717) is 17.7 Å². The van der Waals surface area contributed by atoms with E-state index in [4.69, 9.17) is 4.74 Å². The van der Waals surface area contributed by atoms with Gasteiger partial charge in [0.05, 0.1) is 11.7 Å². The lowest BCUT2D eigenvalue weighted by atomic mass is 9.98. The molecule has 2 saturated carbocycles. The molecule has 4 aliphatic rings. The van der Waals surface area contributed by atoms with E-state index in [9.17, 15) is 0 Å². The van der Waals surface area contributed by atoms with Crippen LogP contribution in [-0.4, -0.2) is 48.3 Å². The quantitative estimate of drug-likeness (QED) is 0.858. The minimum atomic E-state index is 0.305. The fraction of sp³-hybridized carbons (Fsp3) is 1.00. The monoisotopic (exact) mass is 278 g/mol. The van der Waals surface area contributed by atoms with Gasteiger partial charge >= 0.3 is 0 Å².